The molecule has 2 heteroatoms. The van der Waals surface area contributed by atoms with Crippen molar-refractivity contribution >= 4 is 0 Å². The van der Waals surface area contributed by atoms with Crippen molar-refractivity contribution in [1.82, 2.24) is 4.90 Å². The van der Waals surface area contributed by atoms with Crippen LogP contribution in [0.5, 0.6) is 0 Å². The molecule has 1 unspecified atom stereocenters. The summed E-state index contributed by atoms with van der Waals surface area (Å²) in [6.07, 6.45) is 6.23. The smallest absolute Gasteiger partial charge is 0.0679 e. The van der Waals surface area contributed by atoms with Gasteiger partial charge in [0.15, 0.2) is 0 Å². The summed E-state index contributed by atoms with van der Waals surface area (Å²) in [5.41, 5.74) is 0. The lowest BCUT2D eigenvalue weighted by molar-refractivity contribution is 0.168. The van der Waals surface area contributed by atoms with Crippen molar-refractivity contribution in [1.29, 1.82) is 0 Å². The first-order chi connectivity index (χ1) is 6.76. The third-order valence-corrected chi connectivity index (χ3v) is 3.31. The summed E-state index contributed by atoms with van der Waals surface area (Å²) in [7, 11) is 0. The number of aliphatic hydroxyl groups excluding tert-OH is 1. The van der Waals surface area contributed by atoms with Crippen molar-refractivity contribution in [3.63, 3.8) is 0 Å². The summed E-state index contributed by atoms with van der Waals surface area (Å²) in [6.45, 7) is 7.75. The second kappa shape index (κ2) is 6.41. The molecule has 14 heavy (non-hydrogen) atoms. The molecule has 1 fully saturated rings. The largest absolute Gasteiger partial charge is 0.392 e. The van der Waals surface area contributed by atoms with E-state index in [1.54, 1.807) is 0 Å². The Morgan fingerprint density at radius 1 is 1.43 bits per heavy atom. The molecule has 2 atom stereocenters. The van der Waals surface area contributed by atoms with Crippen molar-refractivity contribution in [2.75, 3.05) is 19.6 Å². The molecule has 1 aliphatic rings. The van der Waals surface area contributed by atoms with Gasteiger partial charge in [-0.25, -0.2) is 0 Å². The van der Waals surface area contributed by atoms with Gasteiger partial charge >= 0.3 is 0 Å². The lowest BCUT2D eigenvalue weighted by Gasteiger charge is -2.22. The summed E-state index contributed by atoms with van der Waals surface area (Å²) in [5.74, 6) is 0.847. The van der Waals surface area contributed by atoms with Crippen LogP contribution < -0.4 is 0 Å². The van der Waals surface area contributed by atoms with E-state index in [4.69, 9.17) is 0 Å². The highest BCUT2D eigenvalue weighted by atomic mass is 16.3. The maximum atomic E-state index is 9.42. The molecule has 0 saturated carbocycles. The van der Waals surface area contributed by atoms with Gasteiger partial charge in [-0.2, -0.15) is 0 Å². The molecule has 0 bridgehead atoms. The van der Waals surface area contributed by atoms with Gasteiger partial charge in [0, 0.05) is 19.6 Å². The molecule has 0 aromatic heterocycles. The van der Waals surface area contributed by atoms with Gasteiger partial charge in [-0.3, -0.25) is 0 Å². The summed E-state index contributed by atoms with van der Waals surface area (Å²) in [6, 6.07) is 0. The van der Waals surface area contributed by atoms with Crippen LogP contribution >= 0.6 is 0 Å². The number of nitrogens with zero attached hydrogens (tertiary/aromatic N) is 1. The Balaban J connectivity index is 2.19. The normalized spacial score (nSPS) is 25.5. The summed E-state index contributed by atoms with van der Waals surface area (Å²) in [4.78, 5) is 2.43. The maximum Gasteiger partial charge on any atom is 0.0679 e. The van der Waals surface area contributed by atoms with Gasteiger partial charge < -0.3 is 10.0 Å². The van der Waals surface area contributed by atoms with Gasteiger partial charge in [-0.05, 0) is 18.8 Å². The quantitative estimate of drug-likeness (QED) is 0.709. The van der Waals surface area contributed by atoms with Gasteiger partial charge in [0.25, 0.3) is 0 Å². The lowest BCUT2D eigenvalue weighted by Crippen LogP contribution is -2.28. The molecule has 1 rings (SSSR count). The van der Waals surface area contributed by atoms with Crippen LogP contribution in [-0.2, 0) is 0 Å². The number of hydrogen-bond donors (Lipinski definition) is 1. The van der Waals surface area contributed by atoms with Gasteiger partial charge in [0.05, 0.1) is 6.10 Å². The van der Waals surface area contributed by atoms with Crippen LogP contribution in [0.25, 0.3) is 0 Å². The molecular formula is C12H25NO. The van der Waals surface area contributed by atoms with E-state index >= 15 is 0 Å². The van der Waals surface area contributed by atoms with Crippen LogP contribution in [-0.4, -0.2) is 35.7 Å². The first-order valence-corrected chi connectivity index (χ1v) is 6.16. The van der Waals surface area contributed by atoms with Crippen molar-refractivity contribution in [2.45, 2.75) is 52.1 Å². The molecule has 1 aliphatic heterocycles. The zero-order valence-electron chi connectivity index (χ0n) is 9.71. The third kappa shape index (κ3) is 3.97. The van der Waals surface area contributed by atoms with Crippen molar-refractivity contribution in [3.8, 4) is 0 Å². The van der Waals surface area contributed by atoms with E-state index < -0.39 is 0 Å². The Kier molecular flexibility index (Phi) is 5.49. The molecule has 0 aliphatic carbocycles. The highest BCUT2D eigenvalue weighted by molar-refractivity contribution is 4.76. The second-order valence-corrected chi connectivity index (χ2v) is 4.62. The Bertz CT molecular complexity index is 149. The van der Waals surface area contributed by atoms with Crippen molar-refractivity contribution < 1.29 is 5.11 Å². The molecule has 0 spiro atoms. The minimum Gasteiger partial charge on any atom is -0.392 e. The van der Waals surface area contributed by atoms with E-state index in [-0.39, 0.29) is 6.10 Å². The third-order valence-electron chi connectivity index (χ3n) is 3.31. The SMILES string of the molecule is CCCCC(CC)CN1CC[C@H](O)C1. The minimum atomic E-state index is -0.0568. The van der Waals surface area contributed by atoms with E-state index in [0.29, 0.717) is 0 Å². The Labute approximate surface area is 88.3 Å². The lowest BCUT2D eigenvalue weighted by atomic mass is 9.99. The maximum absolute atomic E-state index is 9.42. The molecule has 0 amide bonds. The number of hydrogen-bond acceptors (Lipinski definition) is 2. The molecule has 1 saturated heterocycles. The first-order valence-electron chi connectivity index (χ1n) is 6.16. The molecule has 1 N–H and O–H groups in total. The van der Waals surface area contributed by atoms with E-state index in [0.717, 1.165) is 25.4 Å². The Morgan fingerprint density at radius 3 is 2.71 bits per heavy atom. The van der Waals surface area contributed by atoms with Crippen molar-refractivity contribution in [3.05, 3.63) is 0 Å². The number of unbranched alkanes of at least 4 members (excludes halogenated alkanes) is 1. The summed E-state index contributed by atoms with van der Waals surface area (Å²) >= 11 is 0. The zero-order valence-corrected chi connectivity index (χ0v) is 9.71. The average molecular weight is 199 g/mol. The molecule has 0 aromatic carbocycles. The Morgan fingerprint density at radius 2 is 2.21 bits per heavy atom. The van der Waals surface area contributed by atoms with Gasteiger partial charge in [-0.1, -0.05) is 33.1 Å². The minimum absolute atomic E-state index is 0.0568. The number of aliphatic hydroxyl groups is 1. The van der Waals surface area contributed by atoms with Crippen LogP contribution in [0.1, 0.15) is 46.0 Å². The van der Waals surface area contributed by atoms with Crippen LogP contribution in [0.15, 0.2) is 0 Å². The first kappa shape index (κ1) is 12.0. The molecule has 1 heterocycles. The molecule has 0 radical (unpaired) electrons. The van der Waals surface area contributed by atoms with Crippen LogP contribution in [0.3, 0.4) is 0 Å². The number of rotatable bonds is 6. The summed E-state index contributed by atoms with van der Waals surface area (Å²) < 4.78 is 0. The van der Waals surface area contributed by atoms with Gasteiger partial charge in [0.1, 0.15) is 0 Å². The Hall–Kier alpha value is -0.0800. The molecular weight excluding hydrogens is 174 g/mol. The predicted molar refractivity (Wildman–Crippen MR) is 60.4 cm³/mol. The molecule has 2 nitrogen and oxygen atoms in total. The highest BCUT2D eigenvalue weighted by Gasteiger charge is 2.21. The average Bonchev–Trinajstić information content (AvgIpc) is 2.58. The van der Waals surface area contributed by atoms with Crippen molar-refractivity contribution in [2.24, 2.45) is 5.92 Å². The molecule has 0 aromatic rings. The second-order valence-electron chi connectivity index (χ2n) is 4.62. The number of β-amino-alcohol motifs (C(OH)–C–C–N with tert-alkyl or cyclic N) is 1. The zero-order chi connectivity index (χ0) is 10.4. The van der Waals surface area contributed by atoms with E-state index in [1.165, 1.54) is 32.2 Å². The fourth-order valence-corrected chi connectivity index (χ4v) is 2.26. The highest BCUT2D eigenvalue weighted by Crippen LogP contribution is 2.17. The van der Waals surface area contributed by atoms with E-state index in [9.17, 15) is 5.11 Å². The van der Waals surface area contributed by atoms with Gasteiger partial charge in [0.2, 0.25) is 0 Å². The summed E-state index contributed by atoms with van der Waals surface area (Å²) in [5, 5.41) is 9.42. The van der Waals surface area contributed by atoms with E-state index in [2.05, 4.69) is 18.7 Å². The molecule has 84 valence electrons. The standard InChI is InChI=1S/C12H25NO/c1-3-5-6-11(4-2)9-13-8-7-12(14)10-13/h11-12,14H,3-10H2,1-2H3/t11?,12-/m0/s1. The predicted octanol–water partition coefficient (Wildman–Crippen LogP) is 2.27. The van der Waals surface area contributed by atoms with E-state index in [1.807, 2.05) is 0 Å². The number of likely N-dealkylation sites (tertiary alicyclic amines) is 1. The monoisotopic (exact) mass is 199 g/mol. The fourth-order valence-electron chi connectivity index (χ4n) is 2.26. The fraction of sp³-hybridized carbons (Fsp3) is 1.00. The van der Waals surface area contributed by atoms with Crippen LogP contribution in [0.2, 0.25) is 0 Å². The van der Waals surface area contributed by atoms with Crippen LogP contribution in [0.4, 0.5) is 0 Å². The van der Waals surface area contributed by atoms with Gasteiger partial charge in [-0.15, -0.1) is 0 Å². The topological polar surface area (TPSA) is 23.5 Å². The van der Waals surface area contributed by atoms with Crippen LogP contribution in [0, 0.1) is 5.92 Å².